The van der Waals surface area contributed by atoms with Gasteiger partial charge in [-0.25, -0.2) is 4.99 Å². The van der Waals surface area contributed by atoms with Crippen LogP contribution in [0.3, 0.4) is 0 Å². The fraction of sp³-hybridized carbons (Fsp3) is 0.400. The Balaban J connectivity index is 1.50. The molecule has 2 aliphatic rings. The third-order valence-corrected chi connectivity index (χ3v) is 6.72. The minimum atomic E-state index is -0.656. The lowest BCUT2D eigenvalue weighted by molar-refractivity contribution is -0.130. The van der Waals surface area contributed by atoms with Gasteiger partial charge >= 0.3 is 0 Å². The lowest BCUT2D eigenvalue weighted by atomic mass is 9.84. The van der Waals surface area contributed by atoms with E-state index in [1.807, 2.05) is 51.1 Å². The second kappa shape index (κ2) is 8.39. The number of guanidine groups is 1. The van der Waals surface area contributed by atoms with Gasteiger partial charge in [0.15, 0.2) is 5.96 Å². The predicted octanol–water partition coefficient (Wildman–Crippen LogP) is 2.54. The summed E-state index contributed by atoms with van der Waals surface area (Å²) in [6, 6.07) is 14.4. The molecule has 4 N–H and O–H groups in total. The van der Waals surface area contributed by atoms with Crippen LogP contribution in [0.5, 0.6) is 0 Å². The van der Waals surface area contributed by atoms with Gasteiger partial charge in [0.2, 0.25) is 5.91 Å². The maximum atomic E-state index is 12.9. The molecule has 2 aromatic rings. The number of nitrogens with two attached hydrogens (primary N) is 1. The molecule has 32 heavy (non-hydrogen) atoms. The highest BCUT2D eigenvalue weighted by atomic mass is 16.3. The number of amides is 2. The smallest absolute Gasteiger partial charge is 0.251 e. The number of hydrogen-bond acceptors (Lipinski definition) is 5. The van der Waals surface area contributed by atoms with Crippen LogP contribution in [0.4, 0.5) is 0 Å². The number of nitrogens with zero attached hydrogens (tertiary/aromatic N) is 2. The van der Waals surface area contributed by atoms with Crippen molar-refractivity contribution in [3.05, 3.63) is 70.8 Å². The van der Waals surface area contributed by atoms with E-state index in [0.717, 1.165) is 16.7 Å². The van der Waals surface area contributed by atoms with Crippen LogP contribution in [0.15, 0.2) is 53.5 Å². The Bertz CT molecular complexity index is 1080. The van der Waals surface area contributed by atoms with Crippen molar-refractivity contribution in [3.63, 3.8) is 0 Å². The van der Waals surface area contributed by atoms with E-state index in [9.17, 15) is 14.7 Å². The molecular weight excluding hydrogens is 404 g/mol. The molecule has 0 unspecified atom stereocenters. The van der Waals surface area contributed by atoms with E-state index >= 15 is 0 Å². The molecule has 0 saturated heterocycles. The van der Waals surface area contributed by atoms with Gasteiger partial charge in [-0.15, -0.1) is 0 Å². The van der Waals surface area contributed by atoms with E-state index in [4.69, 9.17) is 5.73 Å². The highest BCUT2D eigenvalue weighted by Gasteiger charge is 2.38. The number of fused-ring (bicyclic) bond motifs is 1. The molecule has 3 atom stereocenters. The zero-order valence-electron chi connectivity index (χ0n) is 18.7. The van der Waals surface area contributed by atoms with Crippen molar-refractivity contribution in [2.45, 2.75) is 57.8 Å². The topological polar surface area (TPSA) is 108 Å². The van der Waals surface area contributed by atoms with Gasteiger partial charge in [0.1, 0.15) is 0 Å². The molecule has 0 fully saturated rings. The number of aliphatic imine (C=N–C) groups is 1. The molecule has 0 saturated carbocycles. The monoisotopic (exact) mass is 434 g/mol. The van der Waals surface area contributed by atoms with Gasteiger partial charge in [0, 0.05) is 12.0 Å². The van der Waals surface area contributed by atoms with Crippen LogP contribution in [0.25, 0.3) is 0 Å². The highest BCUT2D eigenvalue weighted by Crippen LogP contribution is 2.32. The first-order valence-corrected chi connectivity index (χ1v) is 11.0. The summed E-state index contributed by atoms with van der Waals surface area (Å²) in [5.74, 6) is 0.0501. The molecule has 2 aromatic carbocycles. The van der Waals surface area contributed by atoms with E-state index in [2.05, 4.69) is 10.3 Å². The summed E-state index contributed by atoms with van der Waals surface area (Å²) in [7, 11) is 0. The molecule has 7 heteroatoms. The zero-order valence-corrected chi connectivity index (χ0v) is 18.7. The number of carbonyl (C=O) groups excluding carboxylic acids is 2. The standard InChI is InChI=1S/C25H30N4O3/c1-15(2)25(3)13-21(31)29(24(26)28-25)14-16-7-6-9-18(11-16)23(32)27-22-19-10-5-4-8-17(19)12-20(22)30/h4-11,15,20,22,30H,12-14H2,1-3H3,(H2,26,28)(H,27,32)/t20-,22+,25-/m0/s1. The van der Waals surface area contributed by atoms with Crippen LogP contribution < -0.4 is 11.1 Å². The molecular formula is C25H30N4O3. The average molecular weight is 435 g/mol. The predicted molar refractivity (Wildman–Crippen MR) is 123 cm³/mol. The summed E-state index contributed by atoms with van der Waals surface area (Å²) in [5.41, 5.74) is 8.88. The van der Waals surface area contributed by atoms with Crippen LogP contribution in [0.1, 0.15) is 60.3 Å². The van der Waals surface area contributed by atoms with Crippen LogP contribution in [0.2, 0.25) is 0 Å². The molecule has 1 aliphatic heterocycles. The van der Waals surface area contributed by atoms with Crippen molar-refractivity contribution < 1.29 is 14.7 Å². The number of hydrogen-bond donors (Lipinski definition) is 3. The molecule has 0 bridgehead atoms. The fourth-order valence-corrected chi connectivity index (χ4v) is 4.36. The Labute approximate surface area is 188 Å². The van der Waals surface area contributed by atoms with E-state index in [1.54, 1.807) is 18.2 Å². The molecule has 0 aromatic heterocycles. The van der Waals surface area contributed by atoms with E-state index in [0.29, 0.717) is 18.4 Å². The summed E-state index contributed by atoms with van der Waals surface area (Å²) in [4.78, 5) is 31.8. The number of benzene rings is 2. The van der Waals surface area contributed by atoms with Gasteiger partial charge in [-0.3, -0.25) is 14.5 Å². The van der Waals surface area contributed by atoms with Crippen molar-refractivity contribution in [3.8, 4) is 0 Å². The molecule has 7 nitrogen and oxygen atoms in total. The molecule has 0 spiro atoms. The zero-order chi connectivity index (χ0) is 23.0. The number of carbonyl (C=O) groups is 2. The average Bonchev–Trinajstić information content (AvgIpc) is 3.06. The Kier molecular flexibility index (Phi) is 5.77. The lowest BCUT2D eigenvalue weighted by Crippen LogP contribution is -2.51. The summed E-state index contributed by atoms with van der Waals surface area (Å²) < 4.78 is 0. The second-order valence-electron chi connectivity index (χ2n) is 9.26. The summed E-state index contributed by atoms with van der Waals surface area (Å²) in [6.07, 6.45) is 0.160. The molecule has 168 valence electrons. The van der Waals surface area contributed by atoms with E-state index in [1.165, 1.54) is 4.90 Å². The quantitative estimate of drug-likeness (QED) is 0.672. The van der Waals surface area contributed by atoms with Gasteiger partial charge in [-0.1, -0.05) is 50.2 Å². The summed E-state index contributed by atoms with van der Waals surface area (Å²) in [6.45, 7) is 6.25. The molecule has 2 amide bonds. The Hall–Kier alpha value is -3.19. The first-order valence-electron chi connectivity index (χ1n) is 11.0. The number of aliphatic hydroxyl groups excluding tert-OH is 1. The molecule has 4 rings (SSSR count). The van der Waals surface area contributed by atoms with Crippen molar-refractivity contribution in [1.82, 2.24) is 10.2 Å². The summed E-state index contributed by atoms with van der Waals surface area (Å²) >= 11 is 0. The van der Waals surface area contributed by atoms with Gasteiger partial charge in [-0.2, -0.15) is 0 Å². The van der Waals surface area contributed by atoms with Crippen molar-refractivity contribution in [1.29, 1.82) is 0 Å². The third-order valence-electron chi connectivity index (χ3n) is 6.72. The normalized spacial score (nSPS) is 25.0. The van der Waals surface area contributed by atoms with Gasteiger partial charge in [-0.05, 0) is 41.7 Å². The highest BCUT2D eigenvalue weighted by molar-refractivity contribution is 5.99. The molecule has 1 heterocycles. The Morgan fingerprint density at radius 3 is 2.75 bits per heavy atom. The number of nitrogens with one attached hydrogen (secondary N) is 1. The van der Waals surface area contributed by atoms with Crippen molar-refractivity contribution in [2.24, 2.45) is 16.6 Å². The van der Waals surface area contributed by atoms with Crippen LogP contribution in [-0.4, -0.2) is 39.4 Å². The Morgan fingerprint density at radius 2 is 2.03 bits per heavy atom. The maximum Gasteiger partial charge on any atom is 0.251 e. The van der Waals surface area contributed by atoms with E-state index < -0.39 is 17.7 Å². The summed E-state index contributed by atoms with van der Waals surface area (Å²) in [5, 5.41) is 13.4. The number of rotatable bonds is 5. The maximum absolute atomic E-state index is 12.9. The second-order valence-corrected chi connectivity index (χ2v) is 9.26. The molecule has 1 aliphatic carbocycles. The SMILES string of the molecule is CC(C)[C@]1(C)CC(=O)N(Cc2cccc(C(=O)N[C@@H]3c4ccccc4C[C@@H]3O)c2)C(N)=N1. The van der Waals surface area contributed by atoms with Crippen LogP contribution in [-0.2, 0) is 17.8 Å². The molecule has 0 radical (unpaired) electrons. The van der Waals surface area contributed by atoms with Gasteiger partial charge < -0.3 is 16.2 Å². The first kappa shape index (κ1) is 22.0. The minimum absolute atomic E-state index is 0.0748. The fourth-order valence-electron chi connectivity index (χ4n) is 4.36. The number of aliphatic hydroxyl groups is 1. The lowest BCUT2D eigenvalue weighted by Gasteiger charge is -2.37. The minimum Gasteiger partial charge on any atom is -0.390 e. The van der Waals surface area contributed by atoms with Crippen LogP contribution >= 0.6 is 0 Å². The van der Waals surface area contributed by atoms with Crippen LogP contribution in [0, 0.1) is 5.92 Å². The largest absolute Gasteiger partial charge is 0.390 e. The van der Waals surface area contributed by atoms with Gasteiger partial charge in [0.05, 0.1) is 30.7 Å². The van der Waals surface area contributed by atoms with Gasteiger partial charge in [0.25, 0.3) is 5.91 Å². The van der Waals surface area contributed by atoms with Crippen molar-refractivity contribution in [2.75, 3.05) is 0 Å². The first-order chi connectivity index (χ1) is 15.2. The van der Waals surface area contributed by atoms with Crippen molar-refractivity contribution >= 4 is 17.8 Å². The van der Waals surface area contributed by atoms with E-state index in [-0.39, 0.29) is 30.2 Å². The Morgan fingerprint density at radius 1 is 1.28 bits per heavy atom. The third kappa shape index (κ3) is 4.12.